The predicted octanol–water partition coefficient (Wildman–Crippen LogP) is 2.53. The molecule has 2 atom stereocenters. The smallest absolute Gasteiger partial charge is 0.245 e. The van der Waals surface area contributed by atoms with Crippen molar-refractivity contribution in [2.45, 2.75) is 59.0 Å². The standard InChI is InChI=1S/C16H30N2O2S/c1-11(2)10-13-16(20)18(8-6-7-9-21-5)14(12(3)4)15(19)17-13/h11-14H,6-10H2,1-5H3,(H,17,19). The van der Waals surface area contributed by atoms with Crippen LogP contribution in [0.5, 0.6) is 0 Å². The van der Waals surface area contributed by atoms with Crippen molar-refractivity contribution >= 4 is 23.6 Å². The van der Waals surface area contributed by atoms with E-state index in [4.69, 9.17) is 0 Å². The summed E-state index contributed by atoms with van der Waals surface area (Å²) in [4.78, 5) is 26.9. The maximum atomic E-state index is 12.7. The maximum absolute atomic E-state index is 12.7. The molecule has 1 aliphatic rings. The molecule has 0 spiro atoms. The minimum absolute atomic E-state index is 0.0140. The molecule has 5 heteroatoms. The van der Waals surface area contributed by atoms with E-state index in [1.807, 2.05) is 30.5 Å². The number of amides is 2. The van der Waals surface area contributed by atoms with E-state index in [0.29, 0.717) is 12.5 Å². The van der Waals surface area contributed by atoms with Gasteiger partial charge >= 0.3 is 0 Å². The summed E-state index contributed by atoms with van der Waals surface area (Å²) in [5, 5.41) is 2.93. The van der Waals surface area contributed by atoms with Gasteiger partial charge in [0.25, 0.3) is 0 Å². The lowest BCUT2D eigenvalue weighted by atomic mass is 9.93. The van der Waals surface area contributed by atoms with Crippen molar-refractivity contribution in [3.05, 3.63) is 0 Å². The van der Waals surface area contributed by atoms with Crippen LogP contribution in [0, 0.1) is 11.8 Å². The molecule has 1 N–H and O–H groups in total. The number of hydrogen-bond donors (Lipinski definition) is 1. The van der Waals surface area contributed by atoms with Crippen molar-refractivity contribution in [3.63, 3.8) is 0 Å². The Kier molecular flexibility index (Phi) is 7.57. The Morgan fingerprint density at radius 3 is 2.38 bits per heavy atom. The molecule has 1 heterocycles. The first-order valence-electron chi connectivity index (χ1n) is 7.98. The topological polar surface area (TPSA) is 49.4 Å². The molecule has 0 radical (unpaired) electrons. The second-order valence-electron chi connectivity index (χ2n) is 6.61. The molecule has 1 rings (SSSR count). The molecular formula is C16H30N2O2S. The number of hydrogen-bond acceptors (Lipinski definition) is 3. The lowest BCUT2D eigenvalue weighted by Crippen LogP contribution is -2.65. The Hall–Kier alpha value is -0.710. The van der Waals surface area contributed by atoms with Gasteiger partial charge in [0.05, 0.1) is 0 Å². The van der Waals surface area contributed by atoms with Crippen LogP contribution in [0.3, 0.4) is 0 Å². The lowest BCUT2D eigenvalue weighted by Gasteiger charge is -2.41. The van der Waals surface area contributed by atoms with Gasteiger partial charge in [-0.25, -0.2) is 0 Å². The minimum atomic E-state index is -0.340. The van der Waals surface area contributed by atoms with Crippen LogP contribution in [0.4, 0.5) is 0 Å². The molecule has 0 aromatic heterocycles. The molecule has 122 valence electrons. The van der Waals surface area contributed by atoms with E-state index in [-0.39, 0.29) is 29.8 Å². The number of nitrogens with one attached hydrogen (secondary N) is 1. The summed E-state index contributed by atoms with van der Waals surface area (Å²) in [6, 6.07) is -0.650. The van der Waals surface area contributed by atoms with Crippen LogP contribution in [0.1, 0.15) is 47.0 Å². The highest BCUT2D eigenvalue weighted by atomic mass is 32.2. The van der Waals surface area contributed by atoms with E-state index >= 15 is 0 Å². The molecule has 21 heavy (non-hydrogen) atoms. The van der Waals surface area contributed by atoms with E-state index in [1.165, 1.54) is 0 Å². The number of rotatable bonds is 8. The zero-order chi connectivity index (χ0) is 16.0. The van der Waals surface area contributed by atoms with Crippen molar-refractivity contribution in [1.82, 2.24) is 10.2 Å². The number of nitrogens with zero attached hydrogens (tertiary/aromatic N) is 1. The van der Waals surface area contributed by atoms with Gasteiger partial charge in [-0.15, -0.1) is 0 Å². The molecule has 1 saturated heterocycles. The van der Waals surface area contributed by atoms with Gasteiger partial charge in [-0.1, -0.05) is 27.7 Å². The highest BCUT2D eigenvalue weighted by Gasteiger charge is 2.41. The first-order chi connectivity index (χ1) is 9.88. The van der Waals surface area contributed by atoms with Crippen molar-refractivity contribution < 1.29 is 9.59 Å². The van der Waals surface area contributed by atoms with Crippen LogP contribution in [-0.4, -0.2) is 47.4 Å². The number of carbonyl (C=O) groups excluding carboxylic acids is 2. The highest BCUT2D eigenvalue weighted by Crippen LogP contribution is 2.21. The zero-order valence-corrected chi connectivity index (χ0v) is 14.8. The second kappa shape index (κ2) is 8.66. The van der Waals surface area contributed by atoms with Crippen molar-refractivity contribution in [2.75, 3.05) is 18.6 Å². The third-order valence-corrected chi connectivity index (χ3v) is 4.54. The van der Waals surface area contributed by atoms with Crippen LogP contribution in [0.2, 0.25) is 0 Å². The average molecular weight is 314 g/mol. The lowest BCUT2D eigenvalue weighted by molar-refractivity contribution is -0.151. The van der Waals surface area contributed by atoms with Crippen molar-refractivity contribution in [3.8, 4) is 0 Å². The molecule has 0 aliphatic carbocycles. The SMILES string of the molecule is CSCCCCN1C(=O)C(CC(C)C)NC(=O)C1C(C)C. The van der Waals surface area contributed by atoms with Crippen LogP contribution in [-0.2, 0) is 9.59 Å². The Morgan fingerprint density at radius 1 is 1.19 bits per heavy atom. The van der Waals surface area contributed by atoms with Crippen molar-refractivity contribution in [1.29, 1.82) is 0 Å². The third kappa shape index (κ3) is 5.20. The Bertz CT molecular complexity index is 358. The van der Waals surface area contributed by atoms with Crippen molar-refractivity contribution in [2.24, 2.45) is 11.8 Å². The van der Waals surface area contributed by atoms with Crippen LogP contribution in [0.25, 0.3) is 0 Å². The van der Waals surface area contributed by atoms with E-state index in [1.54, 1.807) is 0 Å². The number of thioether (sulfide) groups is 1. The fraction of sp³-hybridized carbons (Fsp3) is 0.875. The Labute approximate surface area is 133 Å². The molecule has 0 aromatic carbocycles. The molecule has 2 unspecified atom stereocenters. The monoisotopic (exact) mass is 314 g/mol. The third-order valence-electron chi connectivity index (χ3n) is 3.84. The van der Waals surface area contributed by atoms with Gasteiger partial charge in [0, 0.05) is 6.54 Å². The first kappa shape index (κ1) is 18.3. The summed E-state index contributed by atoms with van der Waals surface area (Å²) in [7, 11) is 0. The molecule has 1 aliphatic heterocycles. The number of piperazine rings is 1. The largest absolute Gasteiger partial charge is 0.342 e. The zero-order valence-electron chi connectivity index (χ0n) is 14.0. The molecule has 4 nitrogen and oxygen atoms in total. The van der Waals surface area contributed by atoms with Gasteiger partial charge in [-0.3, -0.25) is 9.59 Å². The number of carbonyl (C=O) groups is 2. The van der Waals surface area contributed by atoms with E-state index in [9.17, 15) is 9.59 Å². The summed E-state index contributed by atoms with van der Waals surface area (Å²) in [6.07, 6.45) is 4.87. The van der Waals surface area contributed by atoms with Crippen LogP contribution >= 0.6 is 11.8 Å². The van der Waals surface area contributed by atoms with Gasteiger partial charge in [-0.05, 0) is 43.1 Å². The molecule has 0 bridgehead atoms. The molecule has 0 aromatic rings. The predicted molar refractivity (Wildman–Crippen MR) is 89.3 cm³/mol. The maximum Gasteiger partial charge on any atom is 0.245 e. The Balaban J connectivity index is 2.77. The summed E-state index contributed by atoms with van der Waals surface area (Å²) in [5.74, 6) is 1.77. The summed E-state index contributed by atoms with van der Waals surface area (Å²) in [5.41, 5.74) is 0. The molecular weight excluding hydrogens is 284 g/mol. The van der Waals surface area contributed by atoms with Gasteiger partial charge in [0.1, 0.15) is 12.1 Å². The number of unbranched alkanes of at least 4 members (excludes halogenated alkanes) is 1. The van der Waals surface area contributed by atoms with Gasteiger partial charge in [0.15, 0.2) is 0 Å². The van der Waals surface area contributed by atoms with E-state index in [0.717, 1.165) is 25.0 Å². The fourth-order valence-electron chi connectivity index (χ4n) is 2.87. The average Bonchev–Trinajstić information content (AvgIpc) is 2.38. The fourth-order valence-corrected chi connectivity index (χ4v) is 3.36. The Morgan fingerprint density at radius 2 is 1.86 bits per heavy atom. The summed E-state index contributed by atoms with van der Waals surface area (Å²) in [6.45, 7) is 8.88. The minimum Gasteiger partial charge on any atom is -0.342 e. The second-order valence-corrected chi connectivity index (χ2v) is 7.60. The van der Waals surface area contributed by atoms with Gasteiger partial charge in [0.2, 0.25) is 11.8 Å². The highest BCUT2D eigenvalue weighted by molar-refractivity contribution is 7.98. The molecule has 0 saturated carbocycles. The van der Waals surface area contributed by atoms with Gasteiger partial charge < -0.3 is 10.2 Å². The van der Waals surface area contributed by atoms with E-state index in [2.05, 4.69) is 25.4 Å². The molecule has 1 fully saturated rings. The van der Waals surface area contributed by atoms with Gasteiger partial charge in [-0.2, -0.15) is 11.8 Å². The van der Waals surface area contributed by atoms with E-state index < -0.39 is 0 Å². The normalized spacial score (nSPS) is 23.1. The summed E-state index contributed by atoms with van der Waals surface area (Å²) >= 11 is 1.82. The molecule has 2 amide bonds. The van der Waals surface area contributed by atoms with Crippen LogP contribution < -0.4 is 5.32 Å². The van der Waals surface area contributed by atoms with Crippen LogP contribution in [0.15, 0.2) is 0 Å². The first-order valence-corrected chi connectivity index (χ1v) is 9.37. The quantitative estimate of drug-likeness (QED) is 0.700. The summed E-state index contributed by atoms with van der Waals surface area (Å²) < 4.78 is 0.